The number of rotatable bonds is 7. The van der Waals surface area contributed by atoms with Gasteiger partial charge >= 0.3 is 0 Å². The van der Waals surface area contributed by atoms with Crippen LogP contribution in [0.2, 0.25) is 0 Å². The fourth-order valence-electron chi connectivity index (χ4n) is 2.37. The number of aromatic nitrogens is 3. The van der Waals surface area contributed by atoms with Crippen LogP contribution in [-0.2, 0) is 4.79 Å². The molecule has 0 radical (unpaired) electrons. The summed E-state index contributed by atoms with van der Waals surface area (Å²) in [4.78, 5) is 14.8. The van der Waals surface area contributed by atoms with Gasteiger partial charge in [-0.3, -0.25) is 4.79 Å². The van der Waals surface area contributed by atoms with Crippen molar-refractivity contribution in [2.24, 2.45) is 0 Å². The van der Waals surface area contributed by atoms with Gasteiger partial charge in [-0.05, 0) is 33.3 Å². The molecule has 0 aliphatic rings. The summed E-state index contributed by atoms with van der Waals surface area (Å²) >= 11 is 1.47. The molecule has 0 aliphatic carbocycles. The lowest BCUT2D eigenvalue weighted by molar-refractivity contribution is -0.130. The Morgan fingerprint density at radius 2 is 1.87 bits per heavy atom. The second kappa shape index (κ2) is 8.15. The number of nitrogens with zero attached hydrogens (tertiary/aromatic N) is 4. The minimum atomic E-state index is -0.308. The lowest BCUT2D eigenvalue weighted by atomic mass is 10.1. The van der Waals surface area contributed by atoms with Gasteiger partial charge in [0.1, 0.15) is 11.6 Å². The monoisotopic (exact) mass is 332 g/mol. The molecular weight excluding hydrogens is 308 g/mol. The zero-order chi connectivity index (χ0) is 16.8. The minimum absolute atomic E-state index is 0.115. The van der Waals surface area contributed by atoms with E-state index >= 15 is 0 Å². The van der Waals surface area contributed by atoms with Crippen molar-refractivity contribution in [3.63, 3.8) is 0 Å². The van der Waals surface area contributed by atoms with Gasteiger partial charge in [0.15, 0.2) is 5.16 Å². The number of hydrogen-bond acceptors (Lipinski definition) is 4. The zero-order valence-corrected chi connectivity index (χ0v) is 15.0. The topological polar surface area (TPSA) is 51.0 Å². The molecule has 1 atom stereocenters. The van der Waals surface area contributed by atoms with Crippen molar-refractivity contribution in [3.05, 3.63) is 42.2 Å². The first-order valence-electron chi connectivity index (χ1n) is 7.98. The van der Waals surface area contributed by atoms with Gasteiger partial charge < -0.3 is 9.47 Å². The van der Waals surface area contributed by atoms with Crippen molar-refractivity contribution < 1.29 is 4.79 Å². The van der Waals surface area contributed by atoms with Crippen LogP contribution in [0.4, 0.5) is 0 Å². The fourth-order valence-corrected chi connectivity index (χ4v) is 3.59. The Bertz CT molecular complexity index is 623. The number of amides is 1. The van der Waals surface area contributed by atoms with E-state index in [1.165, 1.54) is 11.8 Å². The summed E-state index contributed by atoms with van der Waals surface area (Å²) in [5, 5.41) is 8.67. The van der Waals surface area contributed by atoms with Crippen LogP contribution < -0.4 is 0 Å². The zero-order valence-electron chi connectivity index (χ0n) is 14.1. The normalized spacial score (nSPS) is 12.4. The molecule has 1 amide bonds. The smallest absolute Gasteiger partial charge is 0.240 e. The highest BCUT2D eigenvalue weighted by molar-refractivity contribution is 8.00. The van der Waals surface area contributed by atoms with E-state index in [-0.39, 0.29) is 17.2 Å². The minimum Gasteiger partial charge on any atom is -0.342 e. The summed E-state index contributed by atoms with van der Waals surface area (Å²) in [6.45, 7) is 9.58. The van der Waals surface area contributed by atoms with Crippen molar-refractivity contribution in [2.45, 2.75) is 44.1 Å². The Labute approximate surface area is 142 Å². The van der Waals surface area contributed by atoms with Crippen LogP contribution >= 0.6 is 11.8 Å². The molecular formula is C17H24N4OS. The Kier molecular flexibility index (Phi) is 6.21. The fraction of sp³-hybridized carbons (Fsp3) is 0.471. The molecule has 1 aromatic carbocycles. The van der Waals surface area contributed by atoms with Crippen molar-refractivity contribution in [2.75, 3.05) is 13.1 Å². The van der Waals surface area contributed by atoms with E-state index in [1.54, 1.807) is 6.33 Å². The molecule has 0 spiro atoms. The molecule has 0 saturated carbocycles. The maximum Gasteiger partial charge on any atom is 0.240 e. The molecule has 5 nitrogen and oxygen atoms in total. The Balaban J connectivity index is 2.34. The summed E-state index contributed by atoms with van der Waals surface area (Å²) in [5.41, 5.74) is 0.993. The Morgan fingerprint density at radius 3 is 2.43 bits per heavy atom. The molecule has 1 aromatic heterocycles. The lowest BCUT2D eigenvalue weighted by Gasteiger charge is -2.25. The van der Waals surface area contributed by atoms with Crippen LogP contribution in [-0.4, -0.2) is 38.7 Å². The van der Waals surface area contributed by atoms with E-state index in [1.807, 2.05) is 53.6 Å². The lowest BCUT2D eigenvalue weighted by Crippen LogP contribution is -2.34. The van der Waals surface area contributed by atoms with Gasteiger partial charge in [0, 0.05) is 19.1 Å². The first-order chi connectivity index (χ1) is 11.1. The van der Waals surface area contributed by atoms with Gasteiger partial charge in [-0.1, -0.05) is 42.1 Å². The van der Waals surface area contributed by atoms with E-state index < -0.39 is 0 Å². The molecule has 0 N–H and O–H groups in total. The molecule has 124 valence electrons. The van der Waals surface area contributed by atoms with E-state index in [2.05, 4.69) is 24.0 Å². The molecule has 2 rings (SSSR count). The van der Waals surface area contributed by atoms with Gasteiger partial charge in [-0.25, -0.2) is 0 Å². The number of likely N-dealkylation sites (N-methyl/N-ethyl adjacent to an activating group) is 1. The second-order valence-electron chi connectivity index (χ2n) is 5.53. The van der Waals surface area contributed by atoms with Crippen LogP contribution in [0, 0.1) is 0 Å². The van der Waals surface area contributed by atoms with Crippen LogP contribution in [0.15, 0.2) is 41.8 Å². The van der Waals surface area contributed by atoms with Crippen molar-refractivity contribution >= 4 is 17.7 Å². The molecule has 6 heteroatoms. The highest BCUT2D eigenvalue weighted by Gasteiger charge is 2.27. The average molecular weight is 332 g/mol. The number of hydrogen-bond donors (Lipinski definition) is 0. The summed E-state index contributed by atoms with van der Waals surface area (Å²) in [6.07, 6.45) is 1.72. The largest absolute Gasteiger partial charge is 0.342 e. The standard InChI is InChI=1S/C17H24N4OS/c1-5-20(6-2)16(22)15(14-10-8-7-9-11-14)23-17-19-18-12-21(17)13(3)4/h7-13,15H,5-6H2,1-4H3. The first kappa shape index (κ1) is 17.5. The van der Waals surface area contributed by atoms with Crippen LogP contribution in [0.3, 0.4) is 0 Å². The summed E-state index contributed by atoms with van der Waals surface area (Å²) in [6, 6.07) is 10.1. The third kappa shape index (κ3) is 4.13. The Morgan fingerprint density at radius 1 is 1.22 bits per heavy atom. The predicted molar refractivity (Wildman–Crippen MR) is 93.4 cm³/mol. The molecule has 0 aliphatic heterocycles. The second-order valence-corrected chi connectivity index (χ2v) is 6.61. The number of benzene rings is 1. The van der Waals surface area contributed by atoms with E-state index in [4.69, 9.17) is 0 Å². The third-order valence-electron chi connectivity index (χ3n) is 3.72. The van der Waals surface area contributed by atoms with Crippen LogP contribution in [0.5, 0.6) is 0 Å². The van der Waals surface area contributed by atoms with Gasteiger partial charge in [0.2, 0.25) is 5.91 Å². The number of thioether (sulfide) groups is 1. The molecule has 1 heterocycles. The molecule has 1 unspecified atom stereocenters. The van der Waals surface area contributed by atoms with Crippen molar-refractivity contribution in [1.82, 2.24) is 19.7 Å². The quantitative estimate of drug-likeness (QED) is 0.728. The first-order valence-corrected chi connectivity index (χ1v) is 8.86. The maximum absolute atomic E-state index is 13.0. The van der Waals surface area contributed by atoms with E-state index in [9.17, 15) is 4.79 Å². The van der Waals surface area contributed by atoms with Crippen molar-refractivity contribution in [3.8, 4) is 0 Å². The third-order valence-corrected chi connectivity index (χ3v) is 4.93. The number of carbonyl (C=O) groups excluding carboxylic acids is 1. The number of carbonyl (C=O) groups is 1. The average Bonchev–Trinajstić information content (AvgIpc) is 3.03. The molecule has 0 fully saturated rings. The Hall–Kier alpha value is -1.82. The predicted octanol–water partition coefficient (Wildman–Crippen LogP) is 3.56. The van der Waals surface area contributed by atoms with Gasteiger partial charge in [-0.2, -0.15) is 0 Å². The van der Waals surface area contributed by atoms with Gasteiger partial charge in [0.25, 0.3) is 0 Å². The summed E-state index contributed by atoms with van der Waals surface area (Å²) < 4.78 is 2.00. The van der Waals surface area contributed by atoms with Crippen LogP contribution in [0.1, 0.15) is 44.6 Å². The summed E-state index contributed by atoms with van der Waals surface area (Å²) in [5.74, 6) is 0.115. The molecule has 23 heavy (non-hydrogen) atoms. The van der Waals surface area contributed by atoms with E-state index in [0.717, 1.165) is 10.7 Å². The van der Waals surface area contributed by atoms with E-state index in [0.29, 0.717) is 13.1 Å². The van der Waals surface area contributed by atoms with Crippen LogP contribution in [0.25, 0.3) is 0 Å². The van der Waals surface area contributed by atoms with Crippen molar-refractivity contribution in [1.29, 1.82) is 0 Å². The highest BCUT2D eigenvalue weighted by atomic mass is 32.2. The molecule has 2 aromatic rings. The molecule has 0 bridgehead atoms. The maximum atomic E-state index is 13.0. The SMILES string of the molecule is CCN(CC)C(=O)C(Sc1nncn1C(C)C)c1ccccc1. The highest BCUT2D eigenvalue weighted by Crippen LogP contribution is 2.36. The van der Waals surface area contributed by atoms with Gasteiger partial charge in [0.05, 0.1) is 0 Å². The summed E-state index contributed by atoms with van der Waals surface area (Å²) in [7, 11) is 0. The van der Waals surface area contributed by atoms with Gasteiger partial charge in [-0.15, -0.1) is 10.2 Å². The molecule has 0 saturated heterocycles.